The summed E-state index contributed by atoms with van der Waals surface area (Å²) in [5, 5.41) is 20.3. The van der Waals surface area contributed by atoms with Gasteiger partial charge in [0.15, 0.2) is 5.69 Å². The molecule has 0 aromatic carbocycles. The number of nitriles is 1. The normalized spacial score (nSPS) is 11.6. The Kier molecular flexibility index (Phi) is 3.99. The molecule has 0 saturated carbocycles. The van der Waals surface area contributed by atoms with Crippen molar-refractivity contribution in [3.8, 4) is 6.07 Å². The van der Waals surface area contributed by atoms with E-state index in [1.54, 1.807) is 13.8 Å². The molecule has 90 valence electrons. The number of hydrogen-bond acceptors (Lipinski definition) is 5. The third-order valence-corrected chi connectivity index (χ3v) is 2.21. The van der Waals surface area contributed by atoms with Crippen molar-refractivity contribution >= 4 is 5.97 Å². The number of nitrogens with zero attached hydrogens (tertiary/aromatic N) is 3. The van der Waals surface area contributed by atoms with E-state index in [2.05, 4.69) is 4.98 Å². The van der Waals surface area contributed by atoms with E-state index in [0.29, 0.717) is 10.4 Å². The fourth-order valence-electron chi connectivity index (χ4n) is 1.41. The maximum Gasteiger partial charge on any atom is 0.331 e. The molecule has 0 saturated heterocycles. The van der Waals surface area contributed by atoms with Crippen molar-refractivity contribution in [1.82, 2.24) is 4.98 Å². The van der Waals surface area contributed by atoms with E-state index in [4.69, 9.17) is 10.00 Å². The average molecular weight is 235 g/mol. The molecule has 0 aliphatic rings. The Bertz CT molecular complexity index is 456. The third kappa shape index (κ3) is 2.69. The second kappa shape index (κ2) is 5.25. The van der Waals surface area contributed by atoms with E-state index < -0.39 is 11.9 Å². The van der Waals surface area contributed by atoms with Crippen LogP contribution in [-0.2, 0) is 9.53 Å². The molecule has 0 N–H and O–H groups in total. The number of aromatic nitrogens is 2. The summed E-state index contributed by atoms with van der Waals surface area (Å²) in [5.41, 5.74) is 0.630. The first-order valence-corrected chi connectivity index (χ1v) is 5.15. The molecule has 0 spiro atoms. The van der Waals surface area contributed by atoms with Crippen LogP contribution in [0.5, 0.6) is 0 Å². The second-order valence-corrected chi connectivity index (χ2v) is 3.48. The molecule has 0 amide bonds. The summed E-state index contributed by atoms with van der Waals surface area (Å²) in [5.74, 6) is -1.54. The molecule has 6 heteroatoms. The number of ether oxygens (including phenoxy) is 1. The van der Waals surface area contributed by atoms with Crippen LogP contribution >= 0.6 is 0 Å². The molecular formula is C11H13N3O3. The summed E-state index contributed by atoms with van der Waals surface area (Å²) < 4.78 is 5.41. The zero-order valence-electron chi connectivity index (χ0n) is 9.93. The highest BCUT2D eigenvalue weighted by molar-refractivity contribution is 5.80. The van der Waals surface area contributed by atoms with Crippen molar-refractivity contribution in [1.29, 1.82) is 5.26 Å². The highest BCUT2D eigenvalue weighted by Gasteiger charge is 2.28. The molecule has 1 aromatic rings. The van der Waals surface area contributed by atoms with E-state index >= 15 is 0 Å². The summed E-state index contributed by atoms with van der Waals surface area (Å²) in [6, 6.07) is 3.25. The molecule has 0 bridgehead atoms. The highest BCUT2D eigenvalue weighted by atomic mass is 16.5. The van der Waals surface area contributed by atoms with Gasteiger partial charge in [-0.3, -0.25) is 4.79 Å². The van der Waals surface area contributed by atoms with Crippen LogP contribution in [0.3, 0.4) is 0 Å². The lowest BCUT2D eigenvalue weighted by Crippen LogP contribution is -2.36. The number of aryl methyl sites for hydroxylation is 2. The topological polar surface area (TPSA) is 89.9 Å². The monoisotopic (exact) mass is 235 g/mol. The van der Waals surface area contributed by atoms with Crippen molar-refractivity contribution in [2.75, 3.05) is 6.61 Å². The number of carbonyl (C=O) groups is 1. The van der Waals surface area contributed by atoms with Crippen molar-refractivity contribution in [3.05, 3.63) is 28.5 Å². The Hall–Kier alpha value is -2.16. The number of rotatable bonds is 3. The lowest BCUT2D eigenvalue weighted by atomic mass is 10.1. The lowest BCUT2D eigenvalue weighted by Gasteiger charge is -2.10. The maximum atomic E-state index is 11.5. The minimum atomic E-state index is -1.09. The predicted octanol–water partition coefficient (Wildman–Crippen LogP) is 0.502. The SMILES string of the molecule is CCOC(=O)C(C#N)c1cc(C)[n+]([O-])c(C)n1. The molecule has 1 atom stereocenters. The Morgan fingerprint density at radius 2 is 2.35 bits per heavy atom. The van der Waals surface area contributed by atoms with Crippen molar-refractivity contribution in [3.63, 3.8) is 0 Å². The maximum absolute atomic E-state index is 11.5. The third-order valence-electron chi connectivity index (χ3n) is 2.21. The molecule has 1 unspecified atom stereocenters. The highest BCUT2D eigenvalue weighted by Crippen LogP contribution is 2.14. The Labute approximate surface area is 99.1 Å². The molecule has 1 heterocycles. The molecule has 0 aliphatic heterocycles. The summed E-state index contributed by atoms with van der Waals surface area (Å²) >= 11 is 0. The van der Waals surface area contributed by atoms with Gasteiger partial charge in [-0.15, -0.1) is 0 Å². The van der Waals surface area contributed by atoms with Crippen LogP contribution in [0.25, 0.3) is 0 Å². The van der Waals surface area contributed by atoms with E-state index in [1.165, 1.54) is 13.0 Å². The van der Waals surface area contributed by atoms with Crippen LogP contribution in [0.15, 0.2) is 6.07 Å². The first-order valence-electron chi connectivity index (χ1n) is 5.15. The molecule has 1 rings (SSSR count). The Morgan fingerprint density at radius 3 is 2.82 bits per heavy atom. The van der Waals surface area contributed by atoms with Crippen LogP contribution in [-0.4, -0.2) is 17.6 Å². The van der Waals surface area contributed by atoms with Gasteiger partial charge in [0.05, 0.1) is 12.7 Å². The standard InChI is InChI=1S/C11H13N3O3/c1-4-17-11(15)9(6-12)10-5-7(2)14(16)8(3)13-10/h5,9H,4H2,1-3H3. The van der Waals surface area contributed by atoms with Gasteiger partial charge in [0, 0.05) is 13.0 Å². The van der Waals surface area contributed by atoms with Crippen LogP contribution in [0.1, 0.15) is 30.1 Å². The number of esters is 1. The van der Waals surface area contributed by atoms with E-state index in [-0.39, 0.29) is 18.1 Å². The molecule has 6 nitrogen and oxygen atoms in total. The van der Waals surface area contributed by atoms with Crippen molar-refractivity contribution in [2.45, 2.75) is 26.7 Å². The van der Waals surface area contributed by atoms with Crippen LogP contribution in [0.2, 0.25) is 0 Å². The molecular weight excluding hydrogens is 222 g/mol. The van der Waals surface area contributed by atoms with Gasteiger partial charge in [0.25, 0.3) is 5.82 Å². The Balaban J connectivity index is 3.14. The number of carbonyl (C=O) groups excluding carboxylic acids is 1. The minimum absolute atomic E-state index is 0.198. The summed E-state index contributed by atoms with van der Waals surface area (Å²) in [4.78, 5) is 15.4. The quantitative estimate of drug-likeness (QED) is 0.432. The summed E-state index contributed by atoms with van der Waals surface area (Å²) in [6.07, 6.45) is 0. The Morgan fingerprint density at radius 1 is 1.71 bits per heavy atom. The van der Waals surface area contributed by atoms with E-state index in [0.717, 1.165) is 0 Å². The van der Waals surface area contributed by atoms with Crippen LogP contribution < -0.4 is 4.73 Å². The molecule has 0 radical (unpaired) electrons. The van der Waals surface area contributed by atoms with Crippen molar-refractivity contribution < 1.29 is 14.3 Å². The van der Waals surface area contributed by atoms with Gasteiger partial charge in [0.2, 0.25) is 5.92 Å². The van der Waals surface area contributed by atoms with E-state index in [1.807, 2.05) is 6.07 Å². The van der Waals surface area contributed by atoms with Gasteiger partial charge < -0.3 is 9.94 Å². The fraction of sp³-hybridized carbons (Fsp3) is 0.455. The minimum Gasteiger partial charge on any atom is -0.711 e. The lowest BCUT2D eigenvalue weighted by molar-refractivity contribution is -0.622. The zero-order valence-corrected chi connectivity index (χ0v) is 9.93. The summed E-state index contributed by atoms with van der Waals surface area (Å²) in [7, 11) is 0. The van der Waals surface area contributed by atoms with Gasteiger partial charge in [-0.1, -0.05) is 0 Å². The second-order valence-electron chi connectivity index (χ2n) is 3.48. The molecule has 0 fully saturated rings. The van der Waals surface area contributed by atoms with Crippen molar-refractivity contribution in [2.24, 2.45) is 0 Å². The largest absolute Gasteiger partial charge is 0.711 e. The van der Waals surface area contributed by atoms with Crippen LogP contribution in [0, 0.1) is 30.4 Å². The van der Waals surface area contributed by atoms with E-state index in [9.17, 15) is 10.0 Å². The first kappa shape index (κ1) is 12.9. The molecule has 17 heavy (non-hydrogen) atoms. The first-order chi connectivity index (χ1) is 8.01. The van der Waals surface area contributed by atoms with Gasteiger partial charge in [-0.05, 0) is 18.8 Å². The van der Waals surface area contributed by atoms with Gasteiger partial charge in [0.1, 0.15) is 5.69 Å². The average Bonchev–Trinajstić information content (AvgIpc) is 2.27. The zero-order chi connectivity index (χ0) is 13.0. The number of hydrogen-bond donors (Lipinski definition) is 0. The van der Waals surface area contributed by atoms with Gasteiger partial charge in [-0.25, -0.2) is 4.73 Å². The smallest absolute Gasteiger partial charge is 0.331 e. The van der Waals surface area contributed by atoms with Gasteiger partial charge in [-0.2, -0.15) is 5.26 Å². The van der Waals surface area contributed by atoms with Gasteiger partial charge >= 0.3 is 5.97 Å². The predicted molar refractivity (Wildman–Crippen MR) is 57.7 cm³/mol. The van der Waals surface area contributed by atoms with Crippen LogP contribution in [0.4, 0.5) is 0 Å². The molecule has 1 aromatic heterocycles. The fourth-order valence-corrected chi connectivity index (χ4v) is 1.41. The molecule has 0 aliphatic carbocycles. The summed E-state index contributed by atoms with van der Waals surface area (Å²) in [6.45, 7) is 4.96.